The Balaban J connectivity index is 2.80. The number of hydrogen-bond acceptors (Lipinski definition) is 5. The van der Waals surface area contributed by atoms with Crippen LogP contribution in [0.25, 0.3) is 0 Å². The maximum absolute atomic E-state index is 9.68. The van der Waals surface area contributed by atoms with Gasteiger partial charge in [0.25, 0.3) is 0 Å². The Bertz CT molecular complexity index is 261. The fourth-order valence-electron chi connectivity index (χ4n) is 0.936. The number of aromatic nitrogens is 4. The molecule has 6 heteroatoms. The van der Waals surface area contributed by atoms with Crippen LogP contribution in [0.5, 0.6) is 0 Å². The quantitative estimate of drug-likeness (QED) is 0.714. The van der Waals surface area contributed by atoms with Crippen LogP contribution in [0.2, 0.25) is 0 Å². The van der Waals surface area contributed by atoms with E-state index in [0.717, 1.165) is 0 Å². The third kappa shape index (κ3) is 2.22. The monoisotopic (exact) mass is 186 g/mol. The highest BCUT2D eigenvalue weighted by molar-refractivity contribution is 4.87. The molecule has 0 fully saturated rings. The lowest BCUT2D eigenvalue weighted by Gasteiger charge is -2.12. The largest absolute Gasteiger partial charge is 0.385 e. The van der Waals surface area contributed by atoms with Gasteiger partial charge in [-0.3, -0.25) is 0 Å². The van der Waals surface area contributed by atoms with E-state index in [1.54, 1.807) is 7.11 Å². The predicted molar refractivity (Wildman–Crippen MR) is 44.6 cm³/mol. The number of methoxy groups -OCH3 is 1. The molecule has 0 bridgehead atoms. The van der Waals surface area contributed by atoms with E-state index in [1.807, 2.05) is 13.8 Å². The number of rotatable bonds is 4. The first-order chi connectivity index (χ1) is 6.16. The average Bonchev–Trinajstić information content (AvgIpc) is 2.52. The third-order valence-electron chi connectivity index (χ3n) is 1.71. The van der Waals surface area contributed by atoms with E-state index in [1.165, 1.54) is 4.68 Å². The summed E-state index contributed by atoms with van der Waals surface area (Å²) in [6.45, 7) is 4.05. The summed E-state index contributed by atoms with van der Waals surface area (Å²) < 4.78 is 6.30. The molecule has 1 N–H and O–H groups in total. The molecule has 0 saturated carbocycles. The lowest BCUT2D eigenvalue weighted by Crippen LogP contribution is -2.15. The van der Waals surface area contributed by atoms with Crippen molar-refractivity contribution in [3.8, 4) is 0 Å². The molecule has 0 saturated heterocycles. The first kappa shape index (κ1) is 10.1. The van der Waals surface area contributed by atoms with Gasteiger partial charge in [-0.1, -0.05) is 13.8 Å². The lowest BCUT2D eigenvalue weighted by atomic mass is 10.1. The molecule has 1 atom stereocenters. The fraction of sp³-hybridized carbons (Fsp3) is 0.857. The molecule has 1 rings (SSSR count). The third-order valence-corrected chi connectivity index (χ3v) is 1.71. The normalized spacial score (nSPS) is 13.6. The topological polar surface area (TPSA) is 73.1 Å². The molecule has 0 aliphatic rings. The van der Waals surface area contributed by atoms with Crippen molar-refractivity contribution in [2.75, 3.05) is 7.11 Å². The minimum atomic E-state index is -0.648. The van der Waals surface area contributed by atoms with Crippen LogP contribution in [0.15, 0.2) is 0 Å². The smallest absolute Gasteiger partial charge is 0.182 e. The van der Waals surface area contributed by atoms with Crippen molar-refractivity contribution in [3.63, 3.8) is 0 Å². The zero-order valence-corrected chi connectivity index (χ0v) is 8.01. The number of ether oxygens (including phenoxy) is 1. The molecule has 0 aromatic carbocycles. The second-order valence-electron chi connectivity index (χ2n) is 3.14. The van der Waals surface area contributed by atoms with E-state index in [2.05, 4.69) is 15.5 Å². The Morgan fingerprint density at radius 2 is 2.23 bits per heavy atom. The molecule has 0 spiro atoms. The van der Waals surface area contributed by atoms with Crippen molar-refractivity contribution >= 4 is 0 Å². The van der Waals surface area contributed by atoms with Crippen LogP contribution in [0, 0.1) is 5.92 Å². The van der Waals surface area contributed by atoms with Gasteiger partial charge in [-0.15, -0.1) is 5.10 Å². The van der Waals surface area contributed by atoms with Gasteiger partial charge in [0.15, 0.2) is 5.82 Å². The molecule has 0 aliphatic heterocycles. The van der Waals surface area contributed by atoms with Crippen molar-refractivity contribution < 1.29 is 9.84 Å². The molecule has 1 unspecified atom stereocenters. The predicted octanol–water partition coefficient (Wildman–Crippen LogP) is -0.0336. The van der Waals surface area contributed by atoms with Gasteiger partial charge in [0.05, 0.1) is 0 Å². The minimum absolute atomic E-state index is 0.0848. The van der Waals surface area contributed by atoms with Crippen LogP contribution >= 0.6 is 0 Å². The highest BCUT2D eigenvalue weighted by atomic mass is 16.5. The number of hydrogen-bond donors (Lipinski definition) is 1. The highest BCUT2D eigenvalue weighted by Crippen LogP contribution is 2.17. The summed E-state index contributed by atoms with van der Waals surface area (Å²) in [5.41, 5.74) is 0. The number of tetrazole rings is 1. The Labute approximate surface area is 76.5 Å². The SMILES string of the molecule is COCn1nnnc1C(O)C(C)C. The standard InChI is InChI=1S/C7H14N4O2/c1-5(2)6(12)7-8-9-10-11(7)4-13-3/h5-6,12H,4H2,1-3H3. The minimum Gasteiger partial charge on any atom is -0.385 e. The molecule has 1 aromatic heterocycles. The summed E-state index contributed by atoms with van der Waals surface area (Å²) in [6.07, 6.45) is -0.648. The number of aliphatic hydroxyl groups excluding tert-OH is 1. The number of nitrogens with zero attached hydrogens (tertiary/aromatic N) is 4. The van der Waals surface area contributed by atoms with Crippen molar-refractivity contribution in [1.82, 2.24) is 20.2 Å². The molecular weight excluding hydrogens is 172 g/mol. The second kappa shape index (κ2) is 4.29. The zero-order chi connectivity index (χ0) is 9.84. The van der Waals surface area contributed by atoms with Gasteiger partial charge >= 0.3 is 0 Å². The van der Waals surface area contributed by atoms with Gasteiger partial charge in [0.2, 0.25) is 0 Å². The van der Waals surface area contributed by atoms with Crippen LogP contribution in [0.3, 0.4) is 0 Å². The summed E-state index contributed by atoms with van der Waals surface area (Å²) in [5.74, 6) is 0.526. The summed E-state index contributed by atoms with van der Waals surface area (Å²) in [7, 11) is 1.55. The van der Waals surface area contributed by atoms with E-state index in [0.29, 0.717) is 5.82 Å². The van der Waals surface area contributed by atoms with E-state index in [9.17, 15) is 5.11 Å². The Morgan fingerprint density at radius 1 is 1.54 bits per heavy atom. The zero-order valence-electron chi connectivity index (χ0n) is 8.01. The van der Waals surface area contributed by atoms with Crippen molar-refractivity contribution in [1.29, 1.82) is 0 Å². The number of aliphatic hydroxyl groups is 1. The van der Waals surface area contributed by atoms with Gasteiger partial charge in [0, 0.05) is 7.11 Å². The maximum Gasteiger partial charge on any atom is 0.182 e. The van der Waals surface area contributed by atoms with E-state index in [-0.39, 0.29) is 12.6 Å². The molecule has 0 aliphatic carbocycles. The van der Waals surface area contributed by atoms with Crippen LogP contribution in [0.4, 0.5) is 0 Å². The maximum atomic E-state index is 9.68. The first-order valence-electron chi connectivity index (χ1n) is 4.10. The Morgan fingerprint density at radius 3 is 2.77 bits per heavy atom. The summed E-state index contributed by atoms with van der Waals surface area (Å²) in [6, 6.07) is 0. The van der Waals surface area contributed by atoms with Crippen molar-refractivity contribution in [2.24, 2.45) is 5.92 Å². The van der Waals surface area contributed by atoms with Gasteiger partial charge < -0.3 is 9.84 Å². The summed E-state index contributed by atoms with van der Waals surface area (Å²) in [4.78, 5) is 0. The van der Waals surface area contributed by atoms with Crippen LogP contribution in [0.1, 0.15) is 25.8 Å². The Kier molecular flexibility index (Phi) is 3.32. The fourth-order valence-corrected chi connectivity index (χ4v) is 0.936. The van der Waals surface area contributed by atoms with Crippen molar-refractivity contribution in [3.05, 3.63) is 5.82 Å². The van der Waals surface area contributed by atoms with Crippen LogP contribution < -0.4 is 0 Å². The average molecular weight is 186 g/mol. The van der Waals surface area contributed by atoms with E-state index < -0.39 is 6.10 Å². The molecular formula is C7H14N4O2. The van der Waals surface area contributed by atoms with E-state index >= 15 is 0 Å². The molecule has 0 amide bonds. The Hall–Kier alpha value is -1.01. The van der Waals surface area contributed by atoms with E-state index in [4.69, 9.17) is 4.74 Å². The molecule has 1 heterocycles. The molecule has 74 valence electrons. The molecule has 1 aromatic rings. The second-order valence-corrected chi connectivity index (χ2v) is 3.14. The summed E-state index contributed by atoms with van der Waals surface area (Å²) >= 11 is 0. The van der Waals surface area contributed by atoms with Gasteiger partial charge in [0.1, 0.15) is 12.8 Å². The van der Waals surface area contributed by atoms with Crippen LogP contribution in [-0.2, 0) is 11.5 Å². The van der Waals surface area contributed by atoms with Gasteiger partial charge in [-0.05, 0) is 16.3 Å². The van der Waals surface area contributed by atoms with Gasteiger partial charge in [-0.2, -0.15) is 0 Å². The van der Waals surface area contributed by atoms with Gasteiger partial charge in [-0.25, -0.2) is 4.68 Å². The molecule has 6 nitrogen and oxygen atoms in total. The lowest BCUT2D eigenvalue weighted by molar-refractivity contribution is 0.0804. The molecule has 0 radical (unpaired) electrons. The molecule has 13 heavy (non-hydrogen) atoms. The first-order valence-corrected chi connectivity index (χ1v) is 4.10. The van der Waals surface area contributed by atoms with Crippen LogP contribution in [-0.4, -0.2) is 32.4 Å². The summed E-state index contributed by atoms with van der Waals surface area (Å²) in [5, 5.41) is 20.6. The van der Waals surface area contributed by atoms with Crippen molar-refractivity contribution in [2.45, 2.75) is 26.7 Å². The highest BCUT2D eigenvalue weighted by Gasteiger charge is 2.19.